The van der Waals surface area contributed by atoms with Crippen LogP contribution in [0, 0.1) is 11.6 Å². The number of nitrogens with zero attached hydrogens (tertiary/aromatic N) is 2. The molecular weight excluding hydrogens is 594 g/mol. The number of aromatic nitrogens is 1. The molecule has 1 fully saturated rings. The van der Waals surface area contributed by atoms with E-state index in [0.29, 0.717) is 42.6 Å². The van der Waals surface area contributed by atoms with Gasteiger partial charge in [0, 0.05) is 56.1 Å². The van der Waals surface area contributed by atoms with Gasteiger partial charge in [-0.1, -0.05) is 25.8 Å². The highest BCUT2D eigenvalue weighted by Gasteiger charge is 2.29. The fraction of sp³-hybridized carbons (Fsp3) is 0.355. The van der Waals surface area contributed by atoms with Crippen molar-refractivity contribution in [2.45, 2.75) is 57.7 Å². The van der Waals surface area contributed by atoms with E-state index in [0.717, 1.165) is 37.4 Å². The maximum Gasteiger partial charge on any atom is 0.319 e. The van der Waals surface area contributed by atoms with Crippen molar-refractivity contribution in [1.82, 2.24) is 20.5 Å². The van der Waals surface area contributed by atoms with Gasteiger partial charge in [-0.05, 0) is 55.2 Å². The number of rotatable bonds is 11. The number of hydrogen-bond donors (Lipinski definition) is 4. The average molecular weight is 631 g/mol. The Hall–Kier alpha value is -4.29. The van der Waals surface area contributed by atoms with Crippen LogP contribution in [0.5, 0.6) is 11.6 Å². The Morgan fingerprint density at radius 3 is 2.48 bits per heavy atom. The molecule has 1 aromatic heterocycles. The maximum absolute atomic E-state index is 14.2. The van der Waals surface area contributed by atoms with Gasteiger partial charge < -0.3 is 26.4 Å². The molecule has 3 aromatic rings. The summed E-state index contributed by atoms with van der Waals surface area (Å²) in [4.78, 5) is 42.6. The normalized spacial score (nSPS) is 16.4. The first-order valence-corrected chi connectivity index (χ1v) is 14.2. The van der Waals surface area contributed by atoms with Gasteiger partial charge in [0.1, 0.15) is 17.4 Å². The third kappa shape index (κ3) is 9.10. The van der Waals surface area contributed by atoms with Crippen molar-refractivity contribution < 1.29 is 27.9 Å². The van der Waals surface area contributed by atoms with E-state index in [9.17, 15) is 23.2 Å². The van der Waals surface area contributed by atoms with Crippen molar-refractivity contribution in [3.05, 3.63) is 83.1 Å². The molecular formula is C31H37ClF2N6O4. The van der Waals surface area contributed by atoms with E-state index in [2.05, 4.69) is 32.8 Å². The number of nitrogens with one attached hydrogen (secondary N) is 3. The van der Waals surface area contributed by atoms with Crippen molar-refractivity contribution >= 4 is 35.9 Å². The first-order valence-electron chi connectivity index (χ1n) is 14.2. The number of nitrogens with two attached hydrogens (primary N) is 1. The number of benzene rings is 2. The van der Waals surface area contributed by atoms with Crippen LogP contribution in [0.25, 0.3) is 0 Å². The van der Waals surface area contributed by atoms with Gasteiger partial charge in [0.2, 0.25) is 5.88 Å². The third-order valence-corrected chi connectivity index (χ3v) is 7.38. The molecule has 4 rings (SSSR count). The van der Waals surface area contributed by atoms with Crippen LogP contribution in [0.1, 0.15) is 65.3 Å². The standard InChI is InChI=1S/C31H36F2N6O4.ClH/c1-3-4-5-22-14-21(37-31(42)38-27-15-24(29(34)40)25(32)16-26(27)33)12-13-39(22)18-19-6-11-28(36-17-19)43-23-9-7-20(8-10-23)30(41)35-2;/h6-11,15-17,21-22H,3-5,12-14,18H2,1-2H3,(H2,34,40)(H,35,41)(H2,37,38,42);1H. The number of hydrogen-bond acceptors (Lipinski definition) is 6. The second-order valence-electron chi connectivity index (χ2n) is 10.5. The molecule has 10 nitrogen and oxygen atoms in total. The fourth-order valence-electron chi connectivity index (χ4n) is 5.10. The summed E-state index contributed by atoms with van der Waals surface area (Å²) < 4.78 is 33.8. The number of primary amides is 1. The summed E-state index contributed by atoms with van der Waals surface area (Å²) in [6, 6.07) is 11.4. The molecule has 0 radical (unpaired) electrons. The molecule has 1 aliphatic rings. The molecule has 0 bridgehead atoms. The summed E-state index contributed by atoms with van der Waals surface area (Å²) >= 11 is 0. The Labute approximate surface area is 261 Å². The number of urea groups is 1. The molecule has 0 aliphatic carbocycles. The van der Waals surface area contributed by atoms with Crippen LogP contribution in [0.15, 0.2) is 54.7 Å². The number of likely N-dealkylation sites (tertiary alicyclic amines) is 1. The van der Waals surface area contributed by atoms with E-state index in [-0.39, 0.29) is 36.1 Å². The Balaban J connectivity index is 0.00000529. The van der Waals surface area contributed by atoms with E-state index < -0.39 is 29.1 Å². The van der Waals surface area contributed by atoms with Crippen LogP contribution in [-0.4, -0.2) is 53.4 Å². The number of carbonyl (C=O) groups excluding carboxylic acids is 3. The van der Waals surface area contributed by atoms with E-state index >= 15 is 0 Å². The van der Waals surface area contributed by atoms with Gasteiger partial charge in [-0.2, -0.15) is 0 Å². The van der Waals surface area contributed by atoms with Crippen molar-refractivity contribution in [3.63, 3.8) is 0 Å². The van der Waals surface area contributed by atoms with Crippen molar-refractivity contribution in [3.8, 4) is 11.6 Å². The highest BCUT2D eigenvalue weighted by molar-refractivity contribution is 5.96. The van der Waals surface area contributed by atoms with Crippen LogP contribution in [-0.2, 0) is 6.54 Å². The first kappa shape index (κ1) is 34.2. The molecule has 1 aliphatic heterocycles. The molecule has 2 heterocycles. The minimum atomic E-state index is -1.09. The summed E-state index contributed by atoms with van der Waals surface area (Å²) in [5, 5.41) is 7.84. The summed E-state index contributed by atoms with van der Waals surface area (Å²) in [5.41, 5.74) is 5.86. The quantitative estimate of drug-likeness (QED) is 0.224. The number of amides is 4. The molecule has 4 amide bonds. The second kappa shape index (κ2) is 16.0. The van der Waals surface area contributed by atoms with Crippen molar-refractivity contribution in [2.24, 2.45) is 5.73 Å². The van der Waals surface area contributed by atoms with Gasteiger partial charge in [-0.15, -0.1) is 12.4 Å². The smallest absolute Gasteiger partial charge is 0.319 e. The number of anilines is 1. The van der Waals surface area contributed by atoms with Crippen molar-refractivity contribution in [1.29, 1.82) is 0 Å². The molecule has 5 N–H and O–H groups in total. The third-order valence-electron chi connectivity index (χ3n) is 7.38. The molecule has 2 aromatic carbocycles. The van der Waals surface area contributed by atoms with Crippen LogP contribution in [0.4, 0.5) is 19.3 Å². The SMILES string of the molecule is CCCCC1CC(NC(=O)Nc2cc(C(N)=O)c(F)cc2F)CCN1Cc1ccc(Oc2ccc(C(=O)NC)cc2)nc1.Cl. The Morgan fingerprint density at radius 1 is 1.09 bits per heavy atom. The molecule has 0 saturated carbocycles. The largest absolute Gasteiger partial charge is 0.439 e. The predicted octanol–water partition coefficient (Wildman–Crippen LogP) is 5.38. The molecule has 0 spiro atoms. The highest BCUT2D eigenvalue weighted by Crippen LogP contribution is 2.26. The molecule has 1 saturated heterocycles. The van der Waals surface area contributed by atoms with Crippen LogP contribution < -0.4 is 26.4 Å². The van der Waals surface area contributed by atoms with E-state index in [4.69, 9.17) is 10.5 Å². The van der Waals surface area contributed by atoms with Crippen molar-refractivity contribution in [2.75, 3.05) is 18.9 Å². The van der Waals surface area contributed by atoms with E-state index in [1.54, 1.807) is 43.6 Å². The number of unbranched alkanes of at least 4 members (excludes halogenated alkanes) is 1. The second-order valence-corrected chi connectivity index (χ2v) is 10.5. The van der Waals surface area contributed by atoms with Gasteiger partial charge in [0.05, 0.1) is 11.3 Å². The van der Waals surface area contributed by atoms with Gasteiger partial charge in [-0.3, -0.25) is 14.5 Å². The molecule has 13 heteroatoms. The van der Waals surface area contributed by atoms with Gasteiger partial charge in [-0.25, -0.2) is 18.6 Å². The minimum absolute atomic E-state index is 0. The summed E-state index contributed by atoms with van der Waals surface area (Å²) in [5.74, 6) is -2.31. The molecule has 2 unspecified atom stereocenters. The maximum atomic E-state index is 14.2. The Bertz CT molecular complexity index is 1440. The van der Waals surface area contributed by atoms with Gasteiger partial charge in [0.25, 0.3) is 11.8 Å². The zero-order valence-electron chi connectivity index (χ0n) is 24.6. The monoisotopic (exact) mass is 630 g/mol. The Kier molecular flexibility index (Phi) is 12.4. The van der Waals surface area contributed by atoms with Gasteiger partial charge in [0.15, 0.2) is 0 Å². The Morgan fingerprint density at radius 2 is 1.84 bits per heavy atom. The predicted molar refractivity (Wildman–Crippen MR) is 165 cm³/mol. The number of pyridine rings is 1. The number of piperidine rings is 1. The number of ether oxygens (including phenoxy) is 1. The molecule has 44 heavy (non-hydrogen) atoms. The average Bonchev–Trinajstić information content (AvgIpc) is 2.99. The van der Waals surface area contributed by atoms with E-state index in [1.807, 2.05) is 6.07 Å². The zero-order valence-corrected chi connectivity index (χ0v) is 25.4. The lowest BCUT2D eigenvalue weighted by Crippen LogP contribution is -2.50. The lowest BCUT2D eigenvalue weighted by molar-refractivity contribution is 0.0961. The fourth-order valence-corrected chi connectivity index (χ4v) is 5.10. The van der Waals surface area contributed by atoms with Gasteiger partial charge >= 0.3 is 6.03 Å². The topological polar surface area (TPSA) is 139 Å². The molecule has 2 atom stereocenters. The highest BCUT2D eigenvalue weighted by atomic mass is 35.5. The zero-order chi connectivity index (χ0) is 30.9. The first-order chi connectivity index (χ1) is 20.7. The number of halogens is 3. The van der Waals surface area contributed by atoms with Crippen LogP contribution in [0.3, 0.4) is 0 Å². The lowest BCUT2D eigenvalue weighted by Gasteiger charge is -2.40. The van der Waals surface area contributed by atoms with Crippen LogP contribution >= 0.6 is 12.4 Å². The number of carbonyl (C=O) groups is 3. The van der Waals surface area contributed by atoms with E-state index in [1.165, 1.54) is 0 Å². The minimum Gasteiger partial charge on any atom is -0.439 e. The summed E-state index contributed by atoms with van der Waals surface area (Å²) in [6.45, 7) is 3.53. The lowest BCUT2D eigenvalue weighted by atomic mass is 9.93. The molecule has 236 valence electrons. The summed E-state index contributed by atoms with van der Waals surface area (Å²) in [7, 11) is 1.58. The van der Waals surface area contributed by atoms with Crippen LogP contribution in [0.2, 0.25) is 0 Å². The summed E-state index contributed by atoms with van der Waals surface area (Å²) in [6.07, 6.45) is 6.17.